The van der Waals surface area contributed by atoms with Crippen LogP contribution in [0.5, 0.6) is 0 Å². The molecule has 1 aromatic heterocycles. The van der Waals surface area contributed by atoms with Crippen molar-refractivity contribution < 1.29 is 21.6 Å². The Kier molecular flexibility index (Phi) is 4.00. The number of hydrazine groups is 1. The first kappa shape index (κ1) is 15.1. The van der Waals surface area contributed by atoms with Gasteiger partial charge in [0, 0.05) is 24.4 Å². The lowest BCUT2D eigenvalue weighted by Gasteiger charge is -2.10. The number of rotatable bonds is 4. The summed E-state index contributed by atoms with van der Waals surface area (Å²) in [4.78, 5) is 3.39. The van der Waals surface area contributed by atoms with E-state index in [1.165, 1.54) is 0 Å². The number of anilines is 2. The van der Waals surface area contributed by atoms with Crippen molar-refractivity contribution >= 4 is 21.5 Å². The average Bonchev–Trinajstić information content (AvgIpc) is 2.44. The number of benzene rings is 1. The maximum atomic E-state index is 13.5. The van der Waals surface area contributed by atoms with Gasteiger partial charge in [-0.1, -0.05) is 0 Å². The van der Waals surface area contributed by atoms with Gasteiger partial charge in [0.25, 0.3) is 10.0 Å². The van der Waals surface area contributed by atoms with Crippen molar-refractivity contribution in [2.45, 2.75) is 4.90 Å². The summed E-state index contributed by atoms with van der Waals surface area (Å²) in [7, 11) is -4.26. The van der Waals surface area contributed by atoms with Gasteiger partial charge in [-0.3, -0.25) is 4.72 Å². The summed E-state index contributed by atoms with van der Waals surface area (Å²) in [6, 6.07) is 3.00. The van der Waals surface area contributed by atoms with Gasteiger partial charge >= 0.3 is 0 Å². The van der Waals surface area contributed by atoms with E-state index in [2.05, 4.69) is 10.4 Å². The van der Waals surface area contributed by atoms with E-state index < -0.39 is 33.2 Å². The molecule has 112 valence electrons. The van der Waals surface area contributed by atoms with Crippen molar-refractivity contribution in [3.05, 3.63) is 47.9 Å². The first-order valence-corrected chi connectivity index (χ1v) is 6.92. The second kappa shape index (κ2) is 5.58. The average molecular weight is 318 g/mol. The molecule has 0 bridgehead atoms. The fourth-order valence-electron chi connectivity index (χ4n) is 1.49. The molecule has 21 heavy (non-hydrogen) atoms. The van der Waals surface area contributed by atoms with Crippen LogP contribution in [0.1, 0.15) is 0 Å². The number of nitrogens with two attached hydrogens (primary N) is 1. The highest BCUT2D eigenvalue weighted by atomic mass is 32.2. The van der Waals surface area contributed by atoms with Crippen molar-refractivity contribution in [3.63, 3.8) is 0 Å². The van der Waals surface area contributed by atoms with E-state index in [0.717, 1.165) is 18.3 Å². The number of nitrogens with zero attached hydrogens (tertiary/aromatic N) is 1. The van der Waals surface area contributed by atoms with Crippen molar-refractivity contribution in [3.8, 4) is 0 Å². The maximum absolute atomic E-state index is 13.5. The molecule has 1 heterocycles. The SMILES string of the molecule is NNc1cc(S(=O)(=O)Nc2cc(F)cc(F)c2F)ccn1. The lowest BCUT2D eigenvalue weighted by atomic mass is 10.3. The lowest BCUT2D eigenvalue weighted by molar-refractivity contribution is 0.498. The van der Waals surface area contributed by atoms with Crippen LogP contribution >= 0.6 is 0 Å². The van der Waals surface area contributed by atoms with E-state index in [-0.39, 0.29) is 10.7 Å². The molecule has 0 aliphatic rings. The van der Waals surface area contributed by atoms with Crippen molar-refractivity contribution in [1.29, 1.82) is 0 Å². The van der Waals surface area contributed by atoms with Crippen LogP contribution in [-0.2, 0) is 10.0 Å². The molecule has 0 spiro atoms. The molecule has 0 atom stereocenters. The quantitative estimate of drug-likeness (QED) is 0.452. The van der Waals surface area contributed by atoms with Gasteiger partial charge in [-0.15, -0.1) is 0 Å². The number of sulfonamides is 1. The minimum Gasteiger partial charge on any atom is -0.308 e. The molecule has 0 radical (unpaired) electrons. The highest BCUT2D eigenvalue weighted by molar-refractivity contribution is 7.92. The molecular formula is C11H9F3N4O2S. The number of pyridine rings is 1. The number of hydrogen-bond donors (Lipinski definition) is 3. The van der Waals surface area contributed by atoms with Gasteiger partial charge in [0.2, 0.25) is 0 Å². The third-order valence-electron chi connectivity index (χ3n) is 2.43. The van der Waals surface area contributed by atoms with Crippen LogP contribution in [0.4, 0.5) is 24.7 Å². The summed E-state index contributed by atoms with van der Waals surface area (Å²) in [5.74, 6) is 1.00. The Labute approximate surface area is 117 Å². The van der Waals surface area contributed by atoms with Gasteiger partial charge in [-0.2, -0.15) is 0 Å². The van der Waals surface area contributed by atoms with Gasteiger partial charge in [-0.25, -0.2) is 32.4 Å². The van der Waals surface area contributed by atoms with Crippen LogP contribution in [0.3, 0.4) is 0 Å². The summed E-state index contributed by atoms with van der Waals surface area (Å²) < 4.78 is 65.3. The molecule has 10 heteroatoms. The normalized spacial score (nSPS) is 11.2. The second-order valence-corrected chi connectivity index (χ2v) is 5.56. The van der Waals surface area contributed by atoms with Gasteiger partial charge in [0.1, 0.15) is 11.6 Å². The van der Waals surface area contributed by atoms with Gasteiger partial charge in [-0.05, 0) is 6.07 Å². The minimum atomic E-state index is -4.26. The first-order chi connectivity index (χ1) is 9.83. The Bertz CT molecular complexity index is 783. The molecule has 6 nitrogen and oxygen atoms in total. The van der Waals surface area contributed by atoms with Crippen molar-refractivity contribution in [2.24, 2.45) is 5.84 Å². The topological polar surface area (TPSA) is 97.1 Å². The third-order valence-corrected chi connectivity index (χ3v) is 3.79. The Morgan fingerprint density at radius 3 is 2.52 bits per heavy atom. The van der Waals surface area contributed by atoms with Gasteiger partial charge in [0.05, 0.1) is 10.6 Å². The number of nitrogens with one attached hydrogen (secondary N) is 2. The second-order valence-electron chi connectivity index (χ2n) is 3.88. The van der Waals surface area contributed by atoms with E-state index >= 15 is 0 Å². The standard InChI is InChI=1S/C11H9F3N4O2S/c12-6-3-8(13)11(14)9(4-6)18-21(19,20)7-1-2-16-10(5-7)17-15/h1-5,18H,15H2,(H,16,17). The number of aromatic nitrogens is 1. The summed E-state index contributed by atoms with van der Waals surface area (Å²) in [5.41, 5.74) is 1.29. The van der Waals surface area contributed by atoms with Crippen LogP contribution in [0.15, 0.2) is 35.4 Å². The third kappa shape index (κ3) is 3.23. The van der Waals surface area contributed by atoms with Crippen molar-refractivity contribution in [2.75, 3.05) is 10.1 Å². The number of halogens is 3. The molecule has 0 unspecified atom stereocenters. The minimum absolute atomic E-state index is 0.0452. The molecule has 0 aliphatic carbocycles. The lowest BCUT2D eigenvalue weighted by Crippen LogP contribution is -2.16. The predicted molar refractivity (Wildman–Crippen MR) is 69.2 cm³/mol. The Morgan fingerprint density at radius 2 is 1.86 bits per heavy atom. The number of nitrogen functional groups attached to an aromatic ring is 1. The largest absolute Gasteiger partial charge is 0.308 e. The molecule has 0 amide bonds. The molecule has 0 saturated heterocycles. The Balaban J connectivity index is 2.42. The van der Waals surface area contributed by atoms with Crippen LogP contribution in [0, 0.1) is 17.5 Å². The van der Waals surface area contributed by atoms with Crippen LogP contribution in [0.2, 0.25) is 0 Å². The molecule has 0 fully saturated rings. The molecule has 4 N–H and O–H groups in total. The molecule has 1 aromatic carbocycles. The van der Waals surface area contributed by atoms with E-state index in [1.54, 1.807) is 4.72 Å². The van der Waals surface area contributed by atoms with E-state index in [9.17, 15) is 21.6 Å². The summed E-state index contributed by atoms with van der Waals surface area (Å²) >= 11 is 0. The number of hydrogen-bond acceptors (Lipinski definition) is 5. The van der Waals surface area contributed by atoms with Gasteiger partial charge < -0.3 is 5.43 Å². The van der Waals surface area contributed by atoms with Crippen LogP contribution < -0.4 is 16.0 Å². The Hall–Kier alpha value is -2.33. The molecule has 2 aromatic rings. The van der Waals surface area contributed by atoms with Gasteiger partial charge in [0.15, 0.2) is 11.6 Å². The smallest absolute Gasteiger partial charge is 0.262 e. The zero-order valence-electron chi connectivity index (χ0n) is 10.3. The molecule has 2 rings (SSSR count). The highest BCUT2D eigenvalue weighted by Crippen LogP contribution is 2.23. The van der Waals surface area contributed by atoms with E-state index in [4.69, 9.17) is 5.84 Å². The molecule has 0 saturated carbocycles. The summed E-state index contributed by atoms with van der Waals surface area (Å²) in [6.07, 6.45) is 1.15. The fraction of sp³-hybridized carbons (Fsp3) is 0. The summed E-state index contributed by atoms with van der Waals surface area (Å²) in [5, 5.41) is 0. The molecular weight excluding hydrogens is 309 g/mol. The summed E-state index contributed by atoms with van der Waals surface area (Å²) in [6.45, 7) is 0. The predicted octanol–water partition coefficient (Wildman–Crippen LogP) is 1.59. The first-order valence-electron chi connectivity index (χ1n) is 5.43. The maximum Gasteiger partial charge on any atom is 0.262 e. The zero-order valence-corrected chi connectivity index (χ0v) is 11.1. The van der Waals surface area contributed by atoms with Crippen LogP contribution in [0.25, 0.3) is 0 Å². The highest BCUT2D eigenvalue weighted by Gasteiger charge is 2.19. The fourth-order valence-corrected chi connectivity index (χ4v) is 2.55. The Morgan fingerprint density at radius 1 is 1.14 bits per heavy atom. The van der Waals surface area contributed by atoms with Crippen LogP contribution in [-0.4, -0.2) is 13.4 Å². The zero-order chi connectivity index (χ0) is 15.6. The van der Waals surface area contributed by atoms with Crippen molar-refractivity contribution in [1.82, 2.24) is 4.98 Å². The van der Waals surface area contributed by atoms with E-state index in [1.807, 2.05) is 0 Å². The van der Waals surface area contributed by atoms with E-state index in [0.29, 0.717) is 12.1 Å². The monoisotopic (exact) mass is 318 g/mol. The molecule has 0 aliphatic heterocycles.